The van der Waals surface area contributed by atoms with Crippen LogP contribution in [0.1, 0.15) is 16.7 Å². The summed E-state index contributed by atoms with van der Waals surface area (Å²) in [6.45, 7) is -0.0517. The molecule has 0 unspecified atom stereocenters. The first-order valence-corrected chi connectivity index (χ1v) is 12.3. The summed E-state index contributed by atoms with van der Waals surface area (Å²) in [6.07, 6.45) is 5.11. The maximum Gasteiger partial charge on any atom is 0.267 e. The Bertz CT molecular complexity index is 1670. The number of nitrogens with one attached hydrogen (secondary N) is 1. The van der Waals surface area contributed by atoms with E-state index in [-0.39, 0.29) is 24.9 Å². The Morgan fingerprint density at radius 1 is 0.821 bits per heavy atom. The summed E-state index contributed by atoms with van der Waals surface area (Å²) >= 11 is 0. The Morgan fingerprint density at radius 3 is 2.26 bits per heavy atom. The normalized spacial score (nSPS) is 17.5. The predicted molar refractivity (Wildman–Crippen MR) is 151 cm³/mol. The third kappa shape index (κ3) is 4.98. The zero-order chi connectivity index (χ0) is 26.8. The highest BCUT2D eigenvalue weighted by molar-refractivity contribution is 6.39. The molecular formula is C30H22N6O3. The lowest BCUT2D eigenvalue weighted by Crippen LogP contribution is -2.20. The molecule has 2 amide bonds. The van der Waals surface area contributed by atoms with Crippen molar-refractivity contribution in [1.82, 2.24) is 0 Å². The molecule has 9 heteroatoms. The van der Waals surface area contributed by atoms with E-state index in [2.05, 4.69) is 25.4 Å². The van der Waals surface area contributed by atoms with Crippen LogP contribution in [0.5, 0.6) is 0 Å². The van der Waals surface area contributed by atoms with Crippen LogP contribution in [0.25, 0.3) is 0 Å². The molecule has 3 aliphatic rings. The van der Waals surface area contributed by atoms with Crippen LogP contribution in [0.3, 0.4) is 0 Å². The number of allylic oxidation sites excluding steroid dienone is 4. The Hall–Kier alpha value is -5.28. The zero-order valence-corrected chi connectivity index (χ0v) is 20.7. The molecule has 0 saturated carbocycles. The van der Waals surface area contributed by atoms with E-state index in [4.69, 9.17) is 0 Å². The molecule has 0 saturated heterocycles. The first-order valence-electron chi connectivity index (χ1n) is 12.3. The number of fused-ring (bicyclic) bond motifs is 2. The Morgan fingerprint density at radius 2 is 1.51 bits per heavy atom. The van der Waals surface area contributed by atoms with E-state index >= 15 is 0 Å². The lowest BCUT2D eigenvalue weighted by atomic mass is 9.93. The molecule has 2 N–H and O–H groups in total. The van der Waals surface area contributed by atoms with Gasteiger partial charge in [0.25, 0.3) is 5.91 Å². The standard InChI is InChI=1S/C30H22N6O3/c37-27-17-31-29(19-7-3-1-4-8-19)23-15-21(11-13-25(23)33-27)35-36(39)22-12-14-26-24(16-22)30(32-18-28(38)34-26)20-9-5-2-6-10-20/h1-16,39H,17-18H2,(H,34,38)/b35-21-. The maximum atomic E-state index is 12.2. The highest BCUT2D eigenvalue weighted by Crippen LogP contribution is 2.28. The Labute approximate surface area is 223 Å². The molecule has 190 valence electrons. The molecular weight excluding hydrogens is 492 g/mol. The van der Waals surface area contributed by atoms with Crippen LogP contribution >= 0.6 is 0 Å². The van der Waals surface area contributed by atoms with Crippen molar-refractivity contribution in [2.45, 2.75) is 0 Å². The molecule has 9 nitrogen and oxygen atoms in total. The van der Waals surface area contributed by atoms with Gasteiger partial charge in [-0.25, -0.2) is 4.99 Å². The van der Waals surface area contributed by atoms with Gasteiger partial charge in [-0.1, -0.05) is 60.7 Å². The van der Waals surface area contributed by atoms with Crippen molar-refractivity contribution < 1.29 is 14.8 Å². The smallest absolute Gasteiger partial charge is 0.267 e. The third-order valence-electron chi connectivity index (χ3n) is 6.30. The second-order valence-electron chi connectivity index (χ2n) is 8.94. The molecule has 2 aliphatic heterocycles. The maximum absolute atomic E-state index is 12.2. The van der Waals surface area contributed by atoms with Crippen LogP contribution in [0.15, 0.2) is 123 Å². The van der Waals surface area contributed by atoms with E-state index in [1.807, 2.05) is 60.7 Å². The van der Waals surface area contributed by atoms with Gasteiger partial charge in [-0.2, -0.15) is 0 Å². The van der Waals surface area contributed by atoms with E-state index in [0.29, 0.717) is 45.4 Å². The minimum absolute atomic E-state index is 0.00453. The second-order valence-corrected chi connectivity index (χ2v) is 8.94. The SMILES string of the molecule is O=C1CN=C(c2ccccc2)C2=C/C(=N\N(O)c3ccc4c(c3)C(c3ccccc3)=NCC(=O)N4)C=CC2=N1. The summed E-state index contributed by atoms with van der Waals surface area (Å²) in [5.74, 6) is -0.547. The predicted octanol–water partition coefficient (Wildman–Crippen LogP) is 3.99. The van der Waals surface area contributed by atoms with Crippen LogP contribution in [0.2, 0.25) is 0 Å². The number of hydrogen-bond donors (Lipinski definition) is 2. The molecule has 3 aromatic rings. The first-order chi connectivity index (χ1) is 19.0. The van der Waals surface area contributed by atoms with Crippen molar-refractivity contribution in [3.8, 4) is 0 Å². The van der Waals surface area contributed by atoms with Crippen LogP contribution < -0.4 is 10.5 Å². The zero-order valence-electron chi connectivity index (χ0n) is 20.7. The van der Waals surface area contributed by atoms with E-state index in [1.165, 1.54) is 0 Å². The number of rotatable bonds is 4. The minimum atomic E-state index is -0.330. The molecule has 0 spiro atoms. The van der Waals surface area contributed by atoms with Gasteiger partial charge in [0, 0.05) is 22.3 Å². The monoisotopic (exact) mass is 514 g/mol. The van der Waals surface area contributed by atoms with Gasteiger partial charge in [0.2, 0.25) is 5.91 Å². The average Bonchev–Trinajstić information content (AvgIpc) is 3.23. The molecule has 2 heterocycles. The number of amides is 2. The summed E-state index contributed by atoms with van der Waals surface area (Å²) in [7, 11) is 0. The molecule has 1 aliphatic carbocycles. The van der Waals surface area contributed by atoms with E-state index in [0.717, 1.165) is 16.3 Å². The summed E-state index contributed by atoms with van der Waals surface area (Å²) < 4.78 is 0. The number of carbonyl (C=O) groups excluding carboxylic acids is 2. The van der Waals surface area contributed by atoms with Crippen molar-refractivity contribution >= 4 is 46.0 Å². The largest absolute Gasteiger partial charge is 0.324 e. The van der Waals surface area contributed by atoms with Crippen LogP contribution in [0, 0.1) is 0 Å². The molecule has 3 aromatic carbocycles. The molecule has 0 radical (unpaired) electrons. The number of hydrazone groups is 1. The molecule has 0 aromatic heterocycles. The summed E-state index contributed by atoms with van der Waals surface area (Å²) in [4.78, 5) is 37.6. The van der Waals surface area contributed by atoms with Gasteiger partial charge in [0.15, 0.2) is 0 Å². The Balaban J connectivity index is 1.37. The molecule has 6 rings (SSSR count). The van der Waals surface area contributed by atoms with Crippen molar-refractivity contribution in [2.24, 2.45) is 20.1 Å². The van der Waals surface area contributed by atoms with Gasteiger partial charge in [0.05, 0.1) is 34.2 Å². The van der Waals surface area contributed by atoms with Crippen molar-refractivity contribution in [1.29, 1.82) is 0 Å². The number of hydrogen-bond acceptors (Lipinski definition) is 7. The van der Waals surface area contributed by atoms with Gasteiger partial charge >= 0.3 is 0 Å². The fraction of sp³-hybridized carbons (Fsp3) is 0.0667. The summed E-state index contributed by atoms with van der Waals surface area (Å²) in [5.41, 5.74) is 6.18. The van der Waals surface area contributed by atoms with Crippen LogP contribution in [-0.2, 0) is 9.59 Å². The fourth-order valence-electron chi connectivity index (χ4n) is 4.52. The topological polar surface area (TPSA) is 119 Å². The molecule has 39 heavy (non-hydrogen) atoms. The molecule has 0 atom stereocenters. The second kappa shape index (κ2) is 10.2. The van der Waals surface area contributed by atoms with Crippen LogP contribution in [-0.4, -0.2) is 53.0 Å². The van der Waals surface area contributed by atoms with Crippen molar-refractivity contribution in [3.63, 3.8) is 0 Å². The van der Waals surface area contributed by atoms with Gasteiger partial charge in [0.1, 0.15) is 13.1 Å². The lowest BCUT2D eigenvalue weighted by molar-refractivity contribution is -0.116. The summed E-state index contributed by atoms with van der Waals surface area (Å²) in [5, 5.41) is 19.0. The first kappa shape index (κ1) is 24.1. The number of aliphatic imine (C=N–C) groups is 3. The summed E-state index contributed by atoms with van der Waals surface area (Å²) in [6, 6.07) is 24.2. The fourth-order valence-corrected chi connectivity index (χ4v) is 4.52. The van der Waals surface area contributed by atoms with Gasteiger partial charge in [-0.05, 0) is 36.4 Å². The number of carbonyl (C=O) groups is 2. The number of benzodiazepines with no additional fused rings is 1. The third-order valence-corrected chi connectivity index (χ3v) is 6.30. The van der Waals surface area contributed by atoms with E-state index in [1.54, 1.807) is 36.4 Å². The quantitative estimate of drug-likeness (QED) is 0.404. The number of nitrogens with zero attached hydrogens (tertiary/aromatic N) is 5. The van der Waals surface area contributed by atoms with Gasteiger partial charge in [-0.15, -0.1) is 10.3 Å². The van der Waals surface area contributed by atoms with Gasteiger partial charge in [-0.3, -0.25) is 24.8 Å². The highest BCUT2D eigenvalue weighted by Gasteiger charge is 2.23. The average molecular weight is 515 g/mol. The highest BCUT2D eigenvalue weighted by atomic mass is 16.5. The molecule has 0 fully saturated rings. The number of anilines is 2. The van der Waals surface area contributed by atoms with Crippen LogP contribution in [0.4, 0.5) is 11.4 Å². The Kier molecular flexibility index (Phi) is 6.32. The molecule has 0 bridgehead atoms. The minimum Gasteiger partial charge on any atom is -0.324 e. The van der Waals surface area contributed by atoms with Crippen molar-refractivity contribution in [3.05, 3.63) is 119 Å². The lowest BCUT2D eigenvalue weighted by Gasteiger charge is -2.17. The number of benzene rings is 3. The van der Waals surface area contributed by atoms with Crippen molar-refractivity contribution in [2.75, 3.05) is 23.6 Å². The van der Waals surface area contributed by atoms with E-state index < -0.39 is 0 Å². The van der Waals surface area contributed by atoms with E-state index in [9.17, 15) is 14.8 Å². The van der Waals surface area contributed by atoms with Gasteiger partial charge < -0.3 is 5.32 Å².